The third kappa shape index (κ3) is 3.23. The fourth-order valence-corrected chi connectivity index (χ4v) is 2.74. The minimum atomic E-state index is -4.52. The molecule has 7 heteroatoms. The predicted molar refractivity (Wildman–Crippen MR) is 76.7 cm³/mol. The topological polar surface area (TPSA) is 32.3 Å². The van der Waals surface area contributed by atoms with Crippen molar-refractivity contribution in [3.63, 3.8) is 0 Å². The number of halogens is 4. The summed E-state index contributed by atoms with van der Waals surface area (Å²) in [6.45, 7) is 2.49. The molecule has 0 saturated carbocycles. The van der Waals surface area contributed by atoms with E-state index in [1.165, 1.54) is 19.2 Å². The van der Waals surface area contributed by atoms with E-state index >= 15 is 0 Å². The molecule has 0 bridgehead atoms. The largest absolute Gasteiger partial charge is 0.413 e. The van der Waals surface area contributed by atoms with Gasteiger partial charge in [0.2, 0.25) is 5.91 Å². The number of amides is 1. The van der Waals surface area contributed by atoms with E-state index in [9.17, 15) is 18.0 Å². The number of hydrogen-bond acceptors (Lipinski definition) is 2. The molecule has 21 heavy (non-hydrogen) atoms. The van der Waals surface area contributed by atoms with Crippen LogP contribution in [0, 0.1) is 5.41 Å². The summed E-state index contributed by atoms with van der Waals surface area (Å²) in [6.07, 6.45) is -4.52. The van der Waals surface area contributed by atoms with Gasteiger partial charge in [0.15, 0.2) is 6.04 Å². The van der Waals surface area contributed by atoms with Crippen molar-refractivity contribution in [3.05, 3.63) is 34.3 Å². The van der Waals surface area contributed by atoms with Crippen molar-refractivity contribution < 1.29 is 18.0 Å². The number of rotatable bonds is 3. The van der Waals surface area contributed by atoms with Crippen LogP contribution in [-0.4, -0.2) is 37.1 Å². The SMILES string of the molecule is CN(C(=O)C1(C)CNC1)[C@@H](c1ccc(Br)cc1)C(F)(F)F. The van der Waals surface area contributed by atoms with E-state index in [1.54, 1.807) is 19.1 Å². The third-order valence-corrected chi connectivity index (χ3v) is 4.28. The molecule has 1 atom stereocenters. The zero-order valence-corrected chi connectivity index (χ0v) is 13.3. The maximum absolute atomic E-state index is 13.4. The Labute approximate surface area is 129 Å². The van der Waals surface area contributed by atoms with Gasteiger partial charge in [0.25, 0.3) is 0 Å². The van der Waals surface area contributed by atoms with E-state index in [0.717, 1.165) is 4.90 Å². The van der Waals surface area contributed by atoms with Gasteiger partial charge in [-0.2, -0.15) is 13.2 Å². The lowest BCUT2D eigenvalue weighted by Gasteiger charge is -2.42. The highest BCUT2D eigenvalue weighted by molar-refractivity contribution is 9.10. The van der Waals surface area contributed by atoms with Crippen molar-refractivity contribution in [2.45, 2.75) is 19.1 Å². The Morgan fingerprint density at radius 2 is 1.86 bits per heavy atom. The molecule has 1 aromatic carbocycles. The minimum absolute atomic E-state index is 0.0532. The number of benzene rings is 1. The summed E-state index contributed by atoms with van der Waals surface area (Å²) < 4.78 is 40.9. The monoisotopic (exact) mass is 364 g/mol. The predicted octanol–water partition coefficient (Wildman–Crippen LogP) is 3.12. The molecule has 2 rings (SSSR count). The Morgan fingerprint density at radius 3 is 2.24 bits per heavy atom. The second-order valence-corrected chi connectivity index (χ2v) is 6.49. The number of hydrogen-bond donors (Lipinski definition) is 1. The van der Waals surface area contributed by atoms with E-state index in [1.807, 2.05) is 0 Å². The van der Waals surface area contributed by atoms with Gasteiger partial charge in [-0.15, -0.1) is 0 Å². The highest BCUT2D eigenvalue weighted by Gasteiger charge is 2.50. The zero-order valence-electron chi connectivity index (χ0n) is 11.7. The first-order valence-corrected chi connectivity index (χ1v) is 7.25. The molecule has 1 fully saturated rings. The minimum Gasteiger partial charge on any atom is -0.329 e. The average molecular weight is 365 g/mol. The Kier molecular flexibility index (Phi) is 4.35. The fraction of sp³-hybridized carbons (Fsp3) is 0.500. The van der Waals surface area contributed by atoms with Gasteiger partial charge < -0.3 is 10.2 Å². The van der Waals surface area contributed by atoms with Gasteiger partial charge in [-0.05, 0) is 24.6 Å². The van der Waals surface area contributed by atoms with Gasteiger partial charge in [0.1, 0.15) is 0 Å². The van der Waals surface area contributed by atoms with Crippen LogP contribution in [0.4, 0.5) is 13.2 Å². The van der Waals surface area contributed by atoms with Crippen LogP contribution in [0.5, 0.6) is 0 Å². The maximum Gasteiger partial charge on any atom is 0.413 e. The quantitative estimate of drug-likeness (QED) is 0.893. The van der Waals surface area contributed by atoms with Gasteiger partial charge >= 0.3 is 6.18 Å². The lowest BCUT2D eigenvalue weighted by atomic mass is 9.82. The van der Waals surface area contributed by atoms with E-state index in [0.29, 0.717) is 17.6 Å². The molecule has 1 heterocycles. The summed E-state index contributed by atoms with van der Waals surface area (Å²) in [7, 11) is 1.21. The van der Waals surface area contributed by atoms with Crippen molar-refractivity contribution in [2.75, 3.05) is 20.1 Å². The molecule has 0 aromatic heterocycles. The summed E-state index contributed by atoms with van der Waals surface area (Å²) >= 11 is 3.19. The Balaban J connectivity index is 2.32. The first-order valence-electron chi connectivity index (χ1n) is 6.45. The fourth-order valence-electron chi connectivity index (χ4n) is 2.47. The molecule has 0 aliphatic carbocycles. The smallest absolute Gasteiger partial charge is 0.329 e. The first kappa shape index (κ1) is 16.3. The van der Waals surface area contributed by atoms with Crippen molar-refractivity contribution in [3.8, 4) is 0 Å². The molecule has 0 unspecified atom stereocenters. The standard InChI is InChI=1S/C14H16BrF3N2O/c1-13(7-19-8-13)12(21)20(2)11(14(16,17)18)9-3-5-10(15)6-4-9/h3-6,11,19H,7-8H2,1-2H3/t11-/m0/s1. The highest BCUT2D eigenvalue weighted by Crippen LogP contribution is 2.39. The van der Waals surface area contributed by atoms with Crippen molar-refractivity contribution in [1.29, 1.82) is 0 Å². The van der Waals surface area contributed by atoms with Crippen LogP contribution < -0.4 is 5.32 Å². The van der Waals surface area contributed by atoms with Gasteiger partial charge in [-0.1, -0.05) is 28.1 Å². The lowest BCUT2D eigenvalue weighted by Crippen LogP contribution is -2.61. The molecule has 1 aliphatic rings. The number of carbonyl (C=O) groups excluding carboxylic acids is 1. The second-order valence-electron chi connectivity index (χ2n) is 5.58. The van der Waals surface area contributed by atoms with Crippen LogP contribution in [-0.2, 0) is 4.79 Å². The average Bonchev–Trinajstić information content (AvgIpc) is 2.36. The van der Waals surface area contributed by atoms with Gasteiger partial charge in [-0.25, -0.2) is 0 Å². The summed E-state index contributed by atoms with van der Waals surface area (Å²) in [4.78, 5) is 13.2. The molecule has 0 spiro atoms. The van der Waals surface area contributed by atoms with Crippen molar-refractivity contribution >= 4 is 21.8 Å². The van der Waals surface area contributed by atoms with Crippen LogP contribution in [0.15, 0.2) is 28.7 Å². The number of carbonyl (C=O) groups is 1. The molecule has 1 saturated heterocycles. The second kappa shape index (κ2) is 5.61. The Morgan fingerprint density at radius 1 is 1.33 bits per heavy atom. The van der Waals surface area contributed by atoms with Crippen LogP contribution in [0.1, 0.15) is 18.5 Å². The lowest BCUT2D eigenvalue weighted by molar-refractivity contribution is -0.193. The molecule has 1 N–H and O–H groups in total. The van der Waals surface area contributed by atoms with Crippen molar-refractivity contribution in [2.24, 2.45) is 5.41 Å². The van der Waals surface area contributed by atoms with Crippen LogP contribution >= 0.6 is 15.9 Å². The zero-order chi connectivity index (χ0) is 15.8. The molecular weight excluding hydrogens is 349 g/mol. The Hall–Kier alpha value is -1.08. The van der Waals surface area contributed by atoms with Gasteiger partial charge in [0, 0.05) is 24.6 Å². The van der Waals surface area contributed by atoms with Gasteiger partial charge in [-0.3, -0.25) is 4.79 Å². The molecule has 1 aliphatic heterocycles. The molecule has 1 aromatic rings. The van der Waals surface area contributed by atoms with E-state index < -0.39 is 23.5 Å². The Bertz CT molecular complexity index is 526. The summed E-state index contributed by atoms with van der Waals surface area (Å²) in [5, 5.41) is 2.93. The summed E-state index contributed by atoms with van der Waals surface area (Å²) in [6, 6.07) is 3.91. The molecule has 1 amide bonds. The maximum atomic E-state index is 13.4. The molecule has 0 radical (unpaired) electrons. The molecule has 3 nitrogen and oxygen atoms in total. The van der Waals surface area contributed by atoms with E-state index in [4.69, 9.17) is 0 Å². The molecular formula is C14H16BrF3N2O. The van der Waals surface area contributed by atoms with Gasteiger partial charge in [0.05, 0.1) is 5.41 Å². The summed E-state index contributed by atoms with van der Waals surface area (Å²) in [5.41, 5.74) is -0.703. The number of alkyl halides is 3. The van der Waals surface area contributed by atoms with E-state index in [2.05, 4.69) is 21.2 Å². The van der Waals surface area contributed by atoms with Crippen LogP contribution in [0.25, 0.3) is 0 Å². The molecule has 116 valence electrons. The highest BCUT2D eigenvalue weighted by atomic mass is 79.9. The van der Waals surface area contributed by atoms with Crippen LogP contribution in [0.3, 0.4) is 0 Å². The van der Waals surface area contributed by atoms with Crippen LogP contribution in [0.2, 0.25) is 0 Å². The normalized spacial score (nSPS) is 18.8. The third-order valence-electron chi connectivity index (χ3n) is 3.75. The number of nitrogens with one attached hydrogen (secondary N) is 1. The van der Waals surface area contributed by atoms with E-state index in [-0.39, 0.29) is 5.56 Å². The number of nitrogens with zero attached hydrogens (tertiary/aromatic N) is 1. The van der Waals surface area contributed by atoms with Crippen molar-refractivity contribution in [1.82, 2.24) is 10.2 Å². The summed E-state index contributed by atoms with van der Waals surface area (Å²) in [5.74, 6) is -0.494. The first-order chi connectivity index (χ1) is 9.65.